The largest absolute Gasteiger partial charge is 0.336 e. The van der Waals surface area contributed by atoms with Crippen LogP contribution in [0.5, 0.6) is 0 Å². The molecule has 0 atom stereocenters. The Morgan fingerprint density at radius 2 is 1.68 bits per heavy atom. The number of para-hydroxylation sites is 1. The topological polar surface area (TPSA) is 3.24 Å². The zero-order valence-electron chi connectivity index (χ0n) is 10.7. The van der Waals surface area contributed by atoms with Crippen LogP contribution in [0.3, 0.4) is 0 Å². The second kappa shape index (κ2) is 4.46. The highest BCUT2D eigenvalue weighted by atomic mass is 32.2. The summed E-state index contributed by atoms with van der Waals surface area (Å²) >= 11 is 1.90. The lowest BCUT2D eigenvalue weighted by molar-refractivity contribution is 0.970. The second-order valence-electron chi connectivity index (χ2n) is 4.99. The average Bonchev–Trinajstić information content (AvgIpc) is 2.91. The predicted molar refractivity (Wildman–Crippen MR) is 81.6 cm³/mol. The average molecular weight is 265 g/mol. The molecule has 2 aliphatic rings. The molecular formula is C17H15NS. The van der Waals surface area contributed by atoms with E-state index in [0.717, 1.165) is 19.4 Å². The molecule has 0 fully saturated rings. The van der Waals surface area contributed by atoms with E-state index in [-0.39, 0.29) is 0 Å². The Morgan fingerprint density at radius 1 is 0.895 bits per heavy atom. The van der Waals surface area contributed by atoms with E-state index in [1.54, 1.807) is 0 Å². The third-order valence-electron chi connectivity index (χ3n) is 3.84. The molecule has 1 nitrogen and oxygen atoms in total. The van der Waals surface area contributed by atoms with Crippen molar-refractivity contribution in [2.75, 3.05) is 11.4 Å². The first kappa shape index (κ1) is 11.2. The SMILES string of the molecule is C1=C(N2CCc3ccccc32)Sc2ccccc2C1. The number of thioether (sulfide) groups is 1. The van der Waals surface area contributed by atoms with Crippen molar-refractivity contribution in [3.63, 3.8) is 0 Å². The van der Waals surface area contributed by atoms with E-state index < -0.39 is 0 Å². The Hall–Kier alpha value is -1.67. The minimum Gasteiger partial charge on any atom is -0.336 e. The summed E-state index contributed by atoms with van der Waals surface area (Å²) in [5, 5.41) is 1.39. The van der Waals surface area contributed by atoms with Crippen LogP contribution < -0.4 is 4.90 Å². The van der Waals surface area contributed by atoms with Crippen LogP contribution in [0, 0.1) is 0 Å². The van der Waals surface area contributed by atoms with Crippen LogP contribution in [0.1, 0.15) is 11.1 Å². The highest BCUT2D eigenvalue weighted by Crippen LogP contribution is 2.41. The second-order valence-corrected chi connectivity index (χ2v) is 6.05. The highest BCUT2D eigenvalue weighted by molar-refractivity contribution is 8.03. The molecule has 4 rings (SSSR count). The molecule has 2 aromatic carbocycles. The summed E-state index contributed by atoms with van der Waals surface area (Å²) in [5.41, 5.74) is 4.31. The summed E-state index contributed by atoms with van der Waals surface area (Å²) in [6, 6.07) is 17.5. The highest BCUT2D eigenvalue weighted by Gasteiger charge is 2.24. The lowest BCUT2D eigenvalue weighted by Gasteiger charge is -2.26. The molecule has 0 spiro atoms. The smallest absolute Gasteiger partial charge is 0.0763 e. The van der Waals surface area contributed by atoms with E-state index in [0.29, 0.717) is 0 Å². The molecule has 2 heterocycles. The number of hydrogen-bond acceptors (Lipinski definition) is 2. The molecule has 0 aromatic heterocycles. The van der Waals surface area contributed by atoms with Gasteiger partial charge < -0.3 is 4.90 Å². The molecule has 0 saturated carbocycles. The first-order chi connectivity index (χ1) is 9.42. The van der Waals surface area contributed by atoms with Gasteiger partial charge in [-0.2, -0.15) is 0 Å². The minimum absolute atomic E-state index is 1.05. The molecule has 0 unspecified atom stereocenters. The van der Waals surface area contributed by atoms with Gasteiger partial charge in [0.1, 0.15) is 0 Å². The summed E-state index contributed by atoms with van der Waals surface area (Å²) in [5.74, 6) is 0. The Bertz CT molecular complexity index is 660. The minimum atomic E-state index is 1.05. The van der Waals surface area contributed by atoms with Gasteiger partial charge in [0.25, 0.3) is 0 Å². The summed E-state index contributed by atoms with van der Waals surface area (Å²) < 4.78 is 0. The van der Waals surface area contributed by atoms with E-state index in [1.165, 1.54) is 26.7 Å². The van der Waals surface area contributed by atoms with Gasteiger partial charge in [0.05, 0.1) is 5.03 Å². The number of hydrogen-bond donors (Lipinski definition) is 0. The standard InChI is InChI=1S/C17H15NS/c1-3-7-15-13(5-1)11-12-18(15)17-10-9-14-6-2-4-8-16(14)19-17/h1-8,10H,9,11-12H2. The lowest BCUT2D eigenvalue weighted by atomic mass is 10.1. The zero-order chi connectivity index (χ0) is 12.7. The molecule has 2 heteroatoms. The van der Waals surface area contributed by atoms with E-state index >= 15 is 0 Å². The maximum absolute atomic E-state index is 2.47. The summed E-state index contributed by atoms with van der Waals surface area (Å²) in [6.07, 6.45) is 4.59. The number of nitrogens with zero attached hydrogens (tertiary/aromatic N) is 1. The molecule has 0 bridgehead atoms. The molecule has 0 aliphatic carbocycles. The van der Waals surface area contributed by atoms with Crippen LogP contribution in [0.15, 0.2) is 64.5 Å². The molecule has 94 valence electrons. The van der Waals surface area contributed by atoms with Gasteiger partial charge in [0.15, 0.2) is 0 Å². The van der Waals surface area contributed by atoms with Gasteiger partial charge in [-0.25, -0.2) is 0 Å². The molecule has 0 radical (unpaired) electrons. The maximum Gasteiger partial charge on any atom is 0.0763 e. The molecule has 2 aliphatic heterocycles. The Labute approximate surface area is 117 Å². The lowest BCUT2D eigenvalue weighted by Crippen LogP contribution is -2.19. The van der Waals surface area contributed by atoms with Crippen molar-refractivity contribution in [2.45, 2.75) is 17.7 Å². The third-order valence-corrected chi connectivity index (χ3v) is 5.05. The van der Waals surface area contributed by atoms with E-state index in [2.05, 4.69) is 59.5 Å². The predicted octanol–water partition coefficient (Wildman–Crippen LogP) is 4.24. The number of fused-ring (bicyclic) bond motifs is 2. The molecule has 0 amide bonds. The van der Waals surface area contributed by atoms with Gasteiger partial charge in [-0.15, -0.1) is 0 Å². The van der Waals surface area contributed by atoms with Gasteiger partial charge in [-0.05, 0) is 42.2 Å². The van der Waals surface area contributed by atoms with Crippen LogP contribution in [0.25, 0.3) is 0 Å². The van der Waals surface area contributed by atoms with Crippen molar-refractivity contribution in [3.05, 3.63) is 70.8 Å². The molecule has 2 aromatic rings. The van der Waals surface area contributed by atoms with E-state index in [1.807, 2.05) is 11.8 Å². The Kier molecular flexibility index (Phi) is 2.63. The van der Waals surface area contributed by atoms with Crippen molar-refractivity contribution in [3.8, 4) is 0 Å². The van der Waals surface area contributed by atoms with Crippen LogP contribution in [0.2, 0.25) is 0 Å². The number of rotatable bonds is 1. The van der Waals surface area contributed by atoms with Crippen LogP contribution in [-0.4, -0.2) is 6.54 Å². The van der Waals surface area contributed by atoms with Crippen molar-refractivity contribution in [1.82, 2.24) is 0 Å². The Balaban J connectivity index is 1.68. The van der Waals surface area contributed by atoms with E-state index in [4.69, 9.17) is 0 Å². The number of anilines is 1. The summed E-state index contributed by atoms with van der Waals surface area (Å²) in [6.45, 7) is 1.11. The van der Waals surface area contributed by atoms with Crippen molar-refractivity contribution in [2.24, 2.45) is 0 Å². The van der Waals surface area contributed by atoms with Gasteiger partial charge >= 0.3 is 0 Å². The van der Waals surface area contributed by atoms with E-state index in [9.17, 15) is 0 Å². The van der Waals surface area contributed by atoms with Crippen LogP contribution in [-0.2, 0) is 12.8 Å². The van der Waals surface area contributed by atoms with Crippen LogP contribution >= 0.6 is 11.8 Å². The monoisotopic (exact) mass is 265 g/mol. The number of allylic oxidation sites excluding steroid dienone is 1. The first-order valence-electron chi connectivity index (χ1n) is 6.73. The van der Waals surface area contributed by atoms with Gasteiger partial charge in [0.2, 0.25) is 0 Å². The zero-order valence-corrected chi connectivity index (χ0v) is 11.5. The summed E-state index contributed by atoms with van der Waals surface area (Å²) in [4.78, 5) is 3.88. The van der Waals surface area contributed by atoms with Gasteiger partial charge in [0, 0.05) is 17.1 Å². The molecular weight excluding hydrogens is 250 g/mol. The molecule has 19 heavy (non-hydrogen) atoms. The fourth-order valence-electron chi connectivity index (χ4n) is 2.86. The third kappa shape index (κ3) is 1.87. The fraction of sp³-hybridized carbons (Fsp3) is 0.176. The first-order valence-corrected chi connectivity index (χ1v) is 7.55. The normalized spacial score (nSPS) is 16.8. The van der Waals surface area contributed by atoms with Gasteiger partial charge in [-0.3, -0.25) is 0 Å². The molecule has 0 saturated heterocycles. The van der Waals surface area contributed by atoms with Crippen LogP contribution in [0.4, 0.5) is 5.69 Å². The fourth-order valence-corrected chi connectivity index (χ4v) is 3.98. The molecule has 0 N–H and O–H groups in total. The quantitative estimate of drug-likeness (QED) is 0.758. The van der Waals surface area contributed by atoms with Crippen molar-refractivity contribution >= 4 is 17.4 Å². The maximum atomic E-state index is 2.47. The van der Waals surface area contributed by atoms with Gasteiger partial charge in [-0.1, -0.05) is 48.2 Å². The number of benzene rings is 2. The summed E-state index contributed by atoms with van der Waals surface area (Å²) in [7, 11) is 0. The Morgan fingerprint density at radius 3 is 2.63 bits per heavy atom. The van der Waals surface area contributed by atoms with Crippen molar-refractivity contribution < 1.29 is 0 Å². The van der Waals surface area contributed by atoms with Crippen molar-refractivity contribution in [1.29, 1.82) is 0 Å².